The number of aryl methyl sites for hydroxylation is 1. The minimum atomic E-state index is -0.568. The van der Waals surface area contributed by atoms with E-state index in [0.29, 0.717) is 5.69 Å². The molecule has 0 spiro atoms. The monoisotopic (exact) mass is 165 g/mol. The molecule has 0 atom stereocenters. The Labute approximate surface area is 70.8 Å². The van der Waals surface area contributed by atoms with Crippen LogP contribution in [0.1, 0.15) is 12.6 Å². The molecule has 0 radical (unpaired) electrons. The van der Waals surface area contributed by atoms with Crippen LogP contribution < -0.4 is 11.1 Å². The molecule has 4 nitrogen and oxygen atoms in total. The zero-order valence-corrected chi connectivity index (χ0v) is 6.87. The summed E-state index contributed by atoms with van der Waals surface area (Å²) in [5.41, 5.74) is 6.53. The molecule has 1 heterocycles. The molecule has 12 heavy (non-hydrogen) atoms. The molecule has 0 saturated carbocycles. The number of carbonyl (C=O) groups is 1. The molecule has 0 aliphatic carbocycles. The van der Waals surface area contributed by atoms with Crippen molar-refractivity contribution in [2.45, 2.75) is 13.3 Å². The molecule has 64 valence electrons. The number of aromatic nitrogens is 1. The molecule has 2 amide bonds. The summed E-state index contributed by atoms with van der Waals surface area (Å²) in [7, 11) is 0. The zero-order valence-electron chi connectivity index (χ0n) is 6.87. The van der Waals surface area contributed by atoms with Crippen LogP contribution in [-0.4, -0.2) is 11.0 Å². The van der Waals surface area contributed by atoms with Crippen LogP contribution in [0, 0.1) is 0 Å². The highest BCUT2D eigenvalue weighted by atomic mass is 16.2. The van der Waals surface area contributed by atoms with E-state index in [-0.39, 0.29) is 0 Å². The maximum Gasteiger partial charge on any atom is 0.316 e. The molecule has 0 aromatic carbocycles. The van der Waals surface area contributed by atoms with Crippen LogP contribution in [0.25, 0.3) is 0 Å². The first-order valence-electron chi connectivity index (χ1n) is 3.73. The molecule has 0 aliphatic rings. The van der Waals surface area contributed by atoms with E-state index in [0.717, 1.165) is 12.1 Å². The van der Waals surface area contributed by atoms with E-state index >= 15 is 0 Å². The number of anilines is 1. The van der Waals surface area contributed by atoms with Gasteiger partial charge in [-0.2, -0.15) is 0 Å². The van der Waals surface area contributed by atoms with Gasteiger partial charge in [0.25, 0.3) is 0 Å². The zero-order chi connectivity index (χ0) is 8.97. The van der Waals surface area contributed by atoms with Crippen LogP contribution in [-0.2, 0) is 6.42 Å². The number of nitrogens with zero attached hydrogens (tertiary/aromatic N) is 1. The highest BCUT2D eigenvalue weighted by Crippen LogP contribution is 2.05. The van der Waals surface area contributed by atoms with Gasteiger partial charge in [0, 0.05) is 5.69 Å². The summed E-state index contributed by atoms with van der Waals surface area (Å²) >= 11 is 0. The molecular weight excluding hydrogens is 154 g/mol. The number of primary amides is 1. The van der Waals surface area contributed by atoms with Crippen molar-refractivity contribution in [1.82, 2.24) is 4.98 Å². The minimum Gasteiger partial charge on any atom is -0.351 e. The quantitative estimate of drug-likeness (QED) is 0.689. The summed E-state index contributed by atoms with van der Waals surface area (Å²) in [4.78, 5) is 14.5. The Bertz CT molecular complexity index is 268. The number of nitrogens with two attached hydrogens (primary N) is 1. The largest absolute Gasteiger partial charge is 0.351 e. The van der Waals surface area contributed by atoms with Crippen molar-refractivity contribution >= 4 is 11.7 Å². The normalized spacial score (nSPS) is 9.42. The summed E-state index contributed by atoms with van der Waals surface area (Å²) in [5.74, 6) is 0. The lowest BCUT2D eigenvalue weighted by molar-refractivity contribution is 0.259. The van der Waals surface area contributed by atoms with E-state index in [1.165, 1.54) is 0 Å². The molecule has 3 N–H and O–H groups in total. The average Bonchev–Trinajstić information content (AvgIpc) is 2.05. The molecule has 4 heteroatoms. The van der Waals surface area contributed by atoms with Gasteiger partial charge in [-0.1, -0.05) is 6.92 Å². The lowest BCUT2D eigenvalue weighted by atomic mass is 10.3. The van der Waals surface area contributed by atoms with E-state index in [2.05, 4.69) is 10.3 Å². The van der Waals surface area contributed by atoms with Crippen molar-refractivity contribution in [3.05, 3.63) is 24.0 Å². The number of urea groups is 1. The first-order chi connectivity index (χ1) is 5.72. The molecule has 0 aliphatic heterocycles. The van der Waals surface area contributed by atoms with E-state index in [9.17, 15) is 4.79 Å². The van der Waals surface area contributed by atoms with Crippen LogP contribution in [0.2, 0.25) is 0 Å². The van der Waals surface area contributed by atoms with E-state index in [1.807, 2.05) is 13.0 Å². The number of rotatable bonds is 2. The second kappa shape index (κ2) is 3.71. The van der Waals surface area contributed by atoms with Crippen molar-refractivity contribution in [3.8, 4) is 0 Å². The summed E-state index contributed by atoms with van der Waals surface area (Å²) in [5, 5.41) is 2.43. The summed E-state index contributed by atoms with van der Waals surface area (Å²) in [6.45, 7) is 2.02. The molecule has 0 unspecified atom stereocenters. The standard InChI is InChI=1S/C8H11N3O/c1-2-6-3-4-7(5-10-6)11-8(9)12/h3-5H,2H2,1H3,(H3,9,11,12). The van der Waals surface area contributed by atoms with Gasteiger partial charge in [-0.25, -0.2) is 4.79 Å². The molecule has 0 bridgehead atoms. The van der Waals surface area contributed by atoms with Gasteiger partial charge in [0.15, 0.2) is 0 Å². The number of carbonyl (C=O) groups excluding carboxylic acids is 1. The van der Waals surface area contributed by atoms with Gasteiger partial charge >= 0.3 is 6.03 Å². The van der Waals surface area contributed by atoms with Crippen LogP contribution in [0.5, 0.6) is 0 Å². The molecular formula is C8H11N3O. The smallest absolute Gasteiger partial charge is 0.316 e. The average molecular weight is 165 g/mol. The van der Waals surface area contributed by atoms with Crippen molar-refractivity contribution < 1.29 is 4.79 Å². The Morgan fingerprint density at radius 2 is 2.42 bits per heavy atom. The Morgan fingerprint density at radius 3 is 2.83 bits per heavy atom. The number of pyridine rings is 1. The molecule has 1 rings (SSSR count). The third kappa shape index (κ3) is 2.23. The van der Waals surface area contributed by atoms with Gasteiger partial charge < -0.3 is 11.1 Å². The fraction of sp³-hybridized carbons (Fsp3) is 0.250. The number of nitrogens with one attached hydrogen (secondary N) is 1. The first kappa shape index (κ1) is 8.52. The topological polar surface area (TPSA) is 68.0 Å². The summed E-state index contributed by atoms with van der Waals surface area (Å²) in [6.07, 6.45) is 2.47. The second-order valence-electron chi connectivity index (χ2n) is 2.38. The van der Waals surface area contributed by atoms with Crippen molar-refractivity contribution in [1.29, 1.82) is 0 Å². The Kier molecular flexibility index (Phi) is 2.63. The van der Waals surface area contributed by atoms with Crippen molar-refractivity contribution in [3.63, 3.8) is 0 Å². The van der Waals surface area contributed by atoms with E-state index in [1.54, 1.807) is 12.3 Å². The third-order valence-electron chi connectivity index (χ3n) is 1.45. The van der Waals surface area contributed by atoms with Crippen LogP contribution in [0.4, 0.5) is 10.5 Å². The van der Waals surface area contributed by atoms with Gasteiger partial charge in [-0.3, -0.25) is 4.98 Å². The fourth-order valence-corrected chi connectivity index (χ4v) is 0.850. The second-order valence-corrected chi connectivity index (χ2v) is 2.38. The highest BCUT2D eigenvalue weighted by molar-refractivity contribution is 5.87. The lowest BCUT2D eigenvalue weighted by Crippen LogP contribution is -2.19. The van der Waals surface area contributed by atoms with Crippen LogP contribution >= 0.6 is 0 Å². The third-order valence-corrected chi connectivity index (χ3v) is 1.45. The maximum atomic E-state index is 10.4. The number of amides is 2. The Hall–Kier alpha value is -1.58. The van der Waals surface area contributed by atoms with Crippen molar-refractivity contribution in [2.24, 2.45) is 5.73 Å². The molecule has 1 aromatic heterocycles. The van der Waals surface area contributed by atoms with Crippen LogP contribution in [0.3, 0.4) is 0 Å². The number of hydrogen-bond acceptors (Lipinski definition) is 2. The van der Waals surface area contributed by atoms with E-state index in [4.69, 9.17) is 5.73 Å². The molecule has 0 saturated heterocycles. The van der Waals surface area contributed by atoms with Gasteiger partial charge in [0.1, 0.15) is 0 Å². The minimum absolute atomic E-state index is 0.568. The van der Waals surface area contributed by atoms with Crippen molar-refractivity contribution in [2.75, 3.05) is 5.32 Å². The number of hydrogen-bond donors (Lipinski definition) is 2. The highest BCUT2D eigenvalue weighted by Gasteiger charge is 1.95. The molecule has 0 fully saturated rings. The van der Waals surface area contributed by atoms with Gasteiger partial charge in [0.05, 0.1) is 11.9 Å². The van der Waals surface area contributed by atoms with Gasteiger partial charge in [-0.15, -0.1) is 0 Å². The maximum absolute atomic E-state index is 10.4. The first-order valence-corrected chi connectivity index (χ1v) is 3.73. The predicted octanol–water partition coefficient (Wildman–Crippen LogP) is 1.13. The lowest BCUT2D eigenvalue weighted by Gasteiger charge is -2.00. The summed E-state index contributed by atoms with van der Waals surface area (Å²) in [6, 6.07) is 3.06. The molecule has 1 aromatic rings. The van der Waals surface area contributed by atoms with Crippen LogP contribution in [0.15, 0.2) is 18.3 Å². The Morgan fingerprint density at radius 1 is 1.67 bits per heavy atom. The Balaban J connectivity index is 2.71. The predicted molar refractivity (Wildman–Crippen MR) is 46.8 cm³/mol. The van der Waals surface area contributed by atoms with E-state index < -0.39 is 6.03 Å². The van der Waals surface area contributed by atoms with Gasteiger partial charge in [-0.05, 0) is 18.6 Å². The van der Waals surface area contributed by atoms with Gasteiger partial charge in [0.2, 0.25) is 0 Å². The fourth-order valence-electron chi connectivity index (χ4n) is 0.850. The summed E-state index contributed by atoms with van der Waals surface area (Å²) < 4.78 is 0. The SMILES string of the molecule is CCc1ccc(NC(N)=O)cn1.